The number of rotatable bonds is 6. The monoisotopic (exact) mass is 536 g/mol. The molecule has 0 saturated heterocycles. The standard InChI is InChI=1S/C27H22ClFN4O3S/c1-36-21-4-2-3-20(13-21)30-25(34)15-24-26(35)31-27(37-24)33-23(17-7-11-19(29)12-8-17)14-22(32-33)16-5-9-18(28)10-6-16/h2-13,23-24H,14-15H2,1H3,(H,30,34)/t23-,24+/m1/s1. The molecular formula is C27H22ClFN4O3S. The number of nitrogens with one attached hydrogen (secondary N) is 1. The molecule has 2 atom stereocenters. The first-order valence-electron chi connectivity index (χ1n) is 11.5. The summed E-state index contributed by atoms with van der Waals surface area (Å²) >= 11 is 7.25. The lowest BCUT2D eigenvalue weighted by molar-refractivity contribution is -0.121. The predicted octanol–water partition coefficient (Wildman–Crippen LogP) is 5.67. The van der Waals surface area contributed by atoms with E-state index < -0.39 is 11.2 Å². The molecule has 10 heteroatoms. The Balaban J connectivity index is 1.34. The fourth-order valence-electron chi connectivity index (χ4n) is 4.13. The molecule has 2 amide bonds. The molecule has 3 aromatic rings. The molecule has 188 valence electrons. The number of amidine groups is 1. The second kappa shape index (κ2) is 10.7. The Morgan fingerprint density at radius 1 is 1.16 bits per heavy atom. The Morgan fingerprint density at radius 2 is 1.92 bits per heavy atom. The van der Waals surface area contributed by atoms with Crippen molar-refractivity contribution in [2.45, 2.75) is 24.1 Å². The third-order valence-electron chi connectivity index (χ3n) is 5.99. The van der Waals surface area contributed by atoms with Crippen LogP contribution in [0.4, 0.5) is 10.1 Å². The zero-order chi connectivity index (χ0) is 25.9. The number of aliphatic imine (C=N–C) groups is 1. The van der Waals surface area contributed by atoms with Gasteiger partial charge >= 0.3 is 0 Å². The van der Waals surface area contributed by atoms with Crippen molar-refractivity contribution in [2.24, 2.45) is 10.1 Å². The van der Waals surface area contributed by atoms with E-state index in [1.54, 1.807) is 60.6 Å². The fourth-order valence-corrected chi connectivity index (χ4v) is 5.32. The van der Waals surface area contributed by atoms with Crippen LogP contribution in [0.1, 0.15) is 30.0 Å². The number of ether oxygens (including phenoxy) is 1. The lowest BCUT2D eigenvalue weighted by Crippen LogP contribution is -2.25. The average molecular weight is 537 g/mol. The van der Waals surface area contributed by atoms with Crippen molar-refractivity contribution < 1.29 is 18.7 Å². The van der Waals surface area contributed by atoms with E-state index >= 15 is 0 Å². The number of hydrogen-bond donors (Lipinski definition) is 1. The van der Waals surface area contributed by atoms with Gasteiger partial charge < -0.3 is 10.1 Å². The lowest BCUT2D eigenvalue weighted by atomic mass is 9.98. The number of benzene rings is 3. The van der Waals surface area contributed by atoms with E-state index in [4.69, 9.17) is 21.4 Å². The number of thioether (sulfide) groups is 1. The number of amides is 2. The summed E-state index contributed by atoms with van der Waals surface area (Å²) in [4.78, 5) is 29.7. The molecule has 37 heavy (non-hydrogen) atoms. The van der Waals surface area contributed by atoms with Gasteiger partial charge in [0.1, 0.15) is 16.8 Å². The van der Waals surface area contributed by atoms with Gasteiger partial charge in [0, 0.05) is 29.6 Å². The average Bonchev–Trinajstić information content (AvgIpc) is 3.49. The smallest absolute Gasteiger partial charge is 0.262 e. The van der Waals surface area contributed by atoms with E-state index in [0.717, 1.165) is 16.8 Å². The molecule has 7 nitrogen and oxygen atoms in total. The summed E-state index contributed by atoms with van der Waals surface area (Å²) < 4.78 is 18.8. The van der Waals surface area contributed by atoms with E-state index in [2.05, 4.69) is 10.3 Å². The first kappa shape index (κ1) is 25.0. The summed E-state index contributed by atoms with van der Waals surface area (Å²) in [7, 11) is 1.55. The molecule has 0 saturated carbocycles. The molecule has 0 bridgehead atoms. The van der Waals surface area contributed by atoms with Gasteiger partial charge in [0.05, 0.1) is 18.9 Å². The maximum atomic E-state index is 13.6. The minimum Gasteiger partial charge on any atom is -0.497 e. The van der Waals surface area contributed by atoms with Crippen LogP contribution in [0.3, 0.4) is 0 Å². The van der Waals surface area contributed by atoms with Crippen molar-refractivity contribution in [2.75, 3.05) is 12.4 Å². The molecule has 0 radical (unpaired) electrons. The van der Waals surface area contributed by atoms with E-state index in [1.165, 1.54) is 23.9 Å². The van der Waals surface area contributed by atoms with Crippen LogP contribution in [-0.4, -0.2) is 40.1 Å². The topological polar surface area (TPSA) is 83.4 Å². The fraction of sp³-hybridized carbons (Fsp3) is 0.185. The maximum absolute atomic E-state index is 13.6. The highest BCUT2D eigenvalue weighted by atomic mass is 35.5. The highest BCUT2D eigenvalue weighted by Crippen LogP contribution is 2.38. The van der Waals surface area contributed by atoms with Gasteiger partial charge in [-0.2, -0.15) is 10.1 Å². The molecule has 2 heterocycles. The number of hydrogen-bond acceptors (Lipinski definition) is 6. The first-order chi connectivity index (χ1) is 17.9. The van der Waals surface area contributed by atoms with Crippen molar-refractivity contribution in [1.29, 1.82) is 0 Å². The molecule has 0 unspecified atom stereocenters. The van der Waals surface area contributed by atoms with Crippen molar-refractivity contribution in [3.05, 3.63) is 94.8 Å². The number of halogens is 2. The van der Waals surface area contributed by atoms with Gasteiger partial charge in [0.25, 0.3) is 5.91 Å². The third kappa shape index (κ3) is 5.68. The highest BCUT2D eigenvalue weighted by Gasteiger charge is 2.39. The maximum Gasteiger partial charge on any atom is 0.262 e. The molecule has 5 rings (SSSR count). The summed E-state index contributed by atoms with van der Waals surface area (Å²) in [6, 6.07) is 20.3. The Hall–Kier alpha value is -3.69. The zero-order valence-electron chi connectivity index (χ0n) is 19.7. The number of methoxy groups -OCH3 is 1. The van der Waals surface area contributed by atoms with Crippen LogP contribution in [0.2, 0.25) is 5.02 Å². The Morgan fingerprint density at radius 3 is 2.65 bits per heavy atom. The van der Waals surface area contributed by atoms with Gasteiger partial charge in [-0.05, 0) is 47.5 Å². The van der Waals surface area contributed by atoms with E-state index in [9.17, 15) is 14.0 Å². The Bertz CT molecular complexity index is 1400. The first-order valence-corrected chi connectivity index (χ1v) is 12.8. The number of nitrogens with zero attached hydrogens (tertiary/aromatic N) is 3. The minimum atomic E-state index is -0.677. The van der Waals surface area contributed by atoms with E-state index in [1.807, 2.05) is 12.1 Å². The van der Waals surface area contributed by atoms with Gasteiger partial charge in [-0.3, -0.25) is 9.59 Å². The second-order valence-corrected chi connectivity index (χ2v) is 10.1. The third-order valence-corrected chi connectivity index (χ3v) is 7.39. The van der Waals surface area contributed by atoms with Gasteiger partial charge in [-0.1, -0.05) is 53.7 Å². The number of carbonyl (C=O) groups excluding carboxylic acids is 2. The Labute approximate surface area is 222 Å². The molecule has 1 N–H and O–H groups in total. The van der Waals surface area contributed by atoms with Gasteiger partial charge in [-0.25, -0.2) is 9.40 Å². The minimum absolute atomic E-state index is 0.0451. The van der Waals surface area contributed by atoms with Crippen LogP contribution < -0.4 is 10.1 Å². The van der Waals surface area contributed by atoms with Crippen LogP contribution in [0, 0.1) is 5.82 Å². The summed E-state index contributed by atoms with van der Waals surface area (Å²) in [6.07, 6.45) is 0.485. The van der Waals surface area contributed by atoms with Crippen LogP contribution >= 0.6 is 23.4 Å². The zero-order valence-corrected chi connectivity index (χ0v) is 21.3. The molecule has 0 aromatic heterocycles. The van der Waals surface area contributed by atoms with Crippen LogP contribution in [0.5, 0.6) is 5.75 Å². The van der Waals surface area contributed by atoms with Crippen LogP contribution in [-0.2, 0) is 9.59 Å². The lowest BCUT2D eigenvalue weighted by Gasteiger charge is -2.23. The summed E-state index contributed by atoms with van der Waals surface area (Å²) in [5.74, 6) is -0.423. The van der Waals surface area contributed by atoms with Crippen molar-refractivity contribution >= 4 is 51.7 Å². The molecule has 3 aromatic carbocycles. The highest BCUT2D eigenvalue weighted by molar-refractivity contribution is 8.15. The number of hydrazone groups is 1. The normalized spacial score (nSPS) is 19.0. The van der Waals surface area contributed by atoms with Crippen molar-refractivity contribution in [3.63, 3.8) is 0 Å². The van der Waals surface area contributed by atoms with E-state index in [-0.39, 0.29) is 24.2 Å². The largest absolute Gasteiger partial charge is 0.497 e. The van der Waals surface area contributed by atoms with Crippen LogP contribution in [0.15, 0.2) is 82.9 Å². The van der Waals surface area contributed by atoms with Gasteiger partial charge in [-0.15, -0.1) is 0 Å². The van der Waals surface area contributed by atoms with Crippen molar-refractivity contribution in [1.82, 2.24) is 5.01 Å². The second-order valence-electron chi connectivity index (χ2n) is 8.49. The number of anilines is 1. The predicted molar refractivity (Wildman–Crippen MR) is 144 cm³/mol. The number of carbonyl (C=O) groups is 2. The molecule has 0 spiro atoms. The van der Waals surface area contributed by atoms with Gasteiger partial charge in [0.2, 0.25) is 5.91 Å². The molecular weight excluding hydrogens is 515 g/mol. The van der Waals surface area contributed by atoms with Crippen molar-refractivity contribution in [3.8, 4) is 5.75 Å². The van der Waals surface area contributed by atoms with Crippen LogP contribution in [0.25, 0.3) is 0 Å². The quantitative estimate of drug-likeness (QED) is 0.439. The molecule has 0 fully saturated rings. The molecule has 2 aliphatic heterocycles. The Kier molecular flexibility index (Phi) is 7.25. The summed E-state index contributed by atoms with van der Waals surface area (Å²) in [6.45, 7) is 0. The summed E-state index contributed by atoms with van der Waals surface area (Å²) in [5.41, 5.74) is 3.10. The molecule has 2 aliphatic rings. The molecule has 0 aliphatic carbocycles. The van der Waals surface area contributed by atoms with E-state index in [0.29, 0.717) is 28.0 Å². The van der Waals surface area contributed by atoms with Gasteiger partial charge in [0.15, 0.2) is 5.17 Å². The SMILES string of the molecule is COc1cccc(NC(=O)C[C@@H]2SC(N3N=C(c4ccc(Cl)cc4)C[C@@H]3c3ccc(F)cc3)=NC2=O)c1. The summed E-state index contributed by atoms with van der Waals surface area (Å²) in [5, 5.41) is 9.62.